The van der Waals surface area contributed by atoms with Crippen molar-refractivity contribution in [3.63, 3.8) is 0 Å². The number of para-hydroxylation sites is 1. The summed E-state index contributed by atoms with van der Waals surface area (Å²) in [6, 6.07) is 21.1. The molecule has 0 atom stereocenters. The average Bonchev–Trinajstić information content (AvgIpc) is 2.64. The molecule has 0 aliphatic rings. The van der Waals surface area contributed by atoms with Crippen LogP contribution in [0.3, 0.4) is 0 Å². The van der Waals surface area contributed by atoms with Gasteiger partial charge in [0, 0.05) is 5.56 Å². The molecule has 4 heteroatoms. The highest BCUT2D eigenvalue weighted by Crippen LogP contribution is 2.21. The minimum Gasteiger partial charge on any atom is -0.496 e. The Hall–Kier alpha value is -3.01. The van der Waals surface area contributed by atoms with E-state index in [2.05, 4.69) is 0 Å². The first-order chi connectivity index (χ1) is 11.8. The molecule has 0 aliphatic heterocycles. The molecule has 3 aromatic rings. The zero-order valence-electron chi connectivity index (χ0n) is 13.4. The van der Waals surface area contributed by atoms with Crippen molar-refractivity contribution in [2.24, 2.45) is 0 Å². The number of fused-ring (bicyclic) bond motifs is 1. The van der Waals surface area contributed by atoms with Gasteiger partial charge in [-0.05, 0) is 29.0 Å². The summed E-state index contributed by atoms with van der Waals surface area (Å²) in [6.45, 7) is 0.0252. The first-order valence-corrected chi connectivity index (χ1v) is 7.65. The Bertz CT molecular complexity index is 842. The van der Waals surface area contributed by atoms with Gasteiger partial charge in [0.2, 0.25) is 0 Å². The third kappa shape index (κ3) is 3.84. The third-order valence-electron chi connectivity index (χ3n) is 3.66. The van der Waals surface area contributed by atoms with Crippen LogP contribution >= 0.6 is 0 Å². The van der Waals surface area contributed by atoms with Gasteiger partial charge in [0.15, 0.2) is 6.61 Å². The molecule has 3 rings (SSSR count). The molecule has 0 radical (unpaired) electrons. The van der Waals surface area contributed by atoms with Crippen LogP contribution in [0.15, 0.2) is 66.7 Å². The lowest BCUT2D eigenvalue weighted by atomic mass is 10.1. The topological polar surface area (TPSA) is 44.8 Å². The fourth-order valence-electron chi connectivity index (χ4n) is 2.42. The molecule has 0 saturated carbocycles. The number of esters is 1. The largest absolute Gasteiger partial charge is 0.496 e. The van der Waals surface area contributed by atoms with Gasteiger partial charge in [-0.3, -0.25) is 0 Å². The van der Waals surface area contributed by atoms with Crippen molar-refractivity contribution in [3.05, 3.63) is 72.3 Å². The molecule has 0 N–H and O–H groups in total. The Kier molecular flexibility index (Phi) is 4.96. The van der Waals surface area contributed by atoms with Crippen LogP contribution in [0.5, 0.6) is 11.5 Å². The van der Waals surface area contributed by atoms with Crippen molar-refractivity contribution in [3.8, 4) is 11.5 Å². The van der Waals surface area contributed by atoms with E-state index in [0.717, 1.165) is 16.3 Å². The molecule has 24 heavy (non-hydrogen) atoms. The van der Waals surface area contributed by atoms with E-state index in [1.165, 1.54) is 0 Å². The third-order valence-corrected chi connectivity index (χ3v) is 3.66. The summed E-state index contributed by atoms with van der Waals surface area (Å²) in [4.78, 5) is 11.9. The molecular formula is C20H18O4. The van der Waals surface area contributed by atoms with Crippen molar-refractivity contribution in [2.75, 3.05) is 13.7 Å². The maximum absolute atomic E-state index is 11.9. The molecule has 0 bridgehead atoms. The van der Waals surface area contributed by atoms with E-state index in [1.807, 2.05) is 66.7 Å². The van der Waals surface area contributed by atoms with Gasteiger partial charge in [-0.2, -0.15) is 0 Å². The van der Waals surface area contributed by atoms with Crippen molar-refractivity contribution in [2.45, 2.75) is 6.61 Å². The number of methoxy groups -OCH3 is 1. The number of benzene rings is 3. The molecule has 0 heterocycles. The van der Waals surface area contributed by atoms with E-state index in [4.69, 9.17) is 14.2 Å². The number of hydrogen-bond donors (Lipinski definition) is 0. The number of hydrogen-bond acceptors (Lipinski definition) is 4. The maximum atomic E-state index is 11.9. The molecule has 0 aromatic heterocycles. The van der Waals surface area contributed by atoms with Crippen LogP contribution in [-0.2, 0) is 16.1 Å². The monoisotopic (exact) mass is 322 g/mol. The van der Waals surface area contributed by atoms with Crippen molar-refractivity contribution < 1.29 is 19.0 Å². The number of ether oxygens (including phenoxy) is 3. The lowest BCUT2D eigenvalue weighted by Crippen LogP contribution is -2.15. The summed E-state index contributed by atoms with van der Waals surface area (Å²) < 4.78 is 16.0. The van der Waals surface area contributed by atoms with Crippen molar-refractivity contribution in [1.29, 1.82) is 0 Å². The first kappa shape index (κ1) is 15.9. The summed E-state index contributed by atoms with van der Waals surface area (Å²) in [5.41, 5.74) is 0.819. The van der Waals surface area contributed by atoms with Crippen molar-refractivity contribution >= 4 is 16.7 Å². The molecule has 0 fully saturated rings. The SMILES string of the molecule is COc1ccccc1COC(=O)COc1ccc2ccccc2c1. The smallest absolute Gasteiger partial charge is 0.344 e. The second-order valence-corrected chi connectivity index (χ2v) is 5.27. The molecular weight excluding hydrogens is 304 g/mol. The van der Waals surface area contributed by atoms with E-state index in [9.17, 15) is 4.79 Å². The van der Waals surface area contributed by atoms with Gasteiger partial charge in [0.05, 0.1) is 7.11 Å². The summed E-state index contributed by atoms with van der Waals surface area (Å²) in [5, 5.41) is 2.20. The van der Waals surface area contributed by atoms with Gasteiger partial charge in [-0.15, -0.1) is 0 Å². The number of carbonyl (C=O) groups excluding carboxylic acids is 1. The highest BCUT2D eigenvalue weighted by Gasteiger charge is 2.08. The summed E-state index contributed by atoms with van der Waals surface area (Å²) in [6.07, 6.45) is 0. The molecule has 0 amide bonds. The van der Waals surface area contributed by atoms with E-state index in [0.29, 0.717) is 11.5 Å². The second-order valence-electron chi connectivity index (χ2n) is 5.27. The minimum atomic E-state index is -0.422. The van der Waals surface area contributed by atoms with Gasteiger partial charge in [0.25, 0.3) is 0 Å². The van der Waals surface area contributed by atoms with E-state index in [-0.39, 0.29) is 13.2 Å². The molecule has 0 aliphatic carbocycles. The van der Waals surface area contributed by atoms with Gasteiger partial charge in [0.1, 0.15) is 18.1 Å². The Balaban J connectivity index is 1.55. The Labute approximate surface area is 140 Å². The predicted molar refractivity (Wildman–Crippen MR) is 92.2 cm³/mol. The van der Waals surface area contributed by atoms with Crippen LogP contribution in [-0.4, -0.2) is 19.7 Å². The van der Waals surface area contributed by atoms with Crippen LogP contribution in [0.25, 0.3) is 10.8 Å². The molecule has 4 nitrogen and oxygen atoms in total. The zero-order valence-corrected chi connectivity index (χ0v) is 13.4. The lowest BCUT2D eigenvalue weighted by molar-refractivity contribution is -0.147. The fraction of sp³-hybridized carbons (Fsp3) is 0.150. The summed E-state index contributed by atoms with van der Waals surface area (Å²) in [7, 11) is 1.59. The molecule has 0 spiro atoms. The van der Waals surface area contributed by atoms with Gasteiger partial charge < -0.3 is 14.2 Å². The van der Waals surface area contributed by atoms with Crippen LogP contribution in [0.4, 0.5) is 0 Å². The Morgan fingerprint density at radius 2 is 1.67 bits per heavy atom. The van der Waals surface area contributed by atoms with Gasteiger partial charge >= 0.3 is 5.97 Å². The van der Waals surface area contributed by atoms with Crippen LogP contribution in [0, 0.1) is 0 Å². The molecule has 0 unspecified atom stereocenters. The first-order valence-electron chi connectivity index (χ1n) is 7.65. The second kappa shape index (κ2) is 7.51. The maximum Gasteiger partial charge on any atom is 0.344 e. The fourth-order valence-corrected chi connectivity index (χ4v) is 2.42. The Morgan fingerprint density at radius 3 is 2.50 bits per heavy atom. The minimum absolute atomic E-state index is 0.131. The van der Waals surface area contributed by atoms with E-state index < -0.39 is 5.97 Å². The summed E-state index contributed by atoms with van der Waals surface area (Å²) >= 11 is 0. The normalized spacial score (nSPS) is 10.4. The highest BCUT2D eigenvalue weighted by atomic mass is 16.6. The van der Waals surface area contributed by atoms with E-state index >= 15 is 0 Å². The molecule has 3 aromatic carbocycles. The predicted octanol–water partition coefficient (Wildman–Crippen LogP) is 3.97. The lowest BCUT2D eigenvalue weighted by Gasteiger charge is -2.10. The molecule has 122 valence electrons. The Morgan fingerprint density at radius 1 is 0.917 bits per heavy atom. The molecule has 0 saturated heterocycles. The van der Waals surface area contributed by atoms with Crippen LogP contribution < -0.4 is 9.47 Å². The quantitative estimate of drug-likeness (QED) is 0.644. The van der Waals surface area contributed by atoms with E-state index in [1.54, 1.807) is 7.11 Å². The zero-order chi connectivity index (χ0) is 16.8. The summed E-state index contributed by atoms with van der Waals surface area (Å²) in [5.74, 6) is 0.915. The van der Waals surface area contributed by atoms with Gasteiger partial charge in [-0.1, -0.05) is 48.5 Å². The van der Waals surface area contributed by atoms with Crippen LogP contribution in [0.2, 0.25) is 0 Å². The average molecular weight is 322 g/mol. The van der Waals surface area contributed by atoms with Crippen molar-refractivity contribution in [1.82, 2.24) is 0 Å². The van der Waals surface area contributed by atoms with Gasteiger partial charge in [-0.25, -0.2) is 4.79 Å². The number of rotatable bonds is 6. The highest BCUT2D eigenvalue weighted by molar-refractivity contribution is 5.83. The number of carbonyl (C=O) groups is 1. The standard InChI is InChI=1S/C20H18O4/c1-22-19-9-5-4-8-17(19)13-24-20(21)14-23-18-11-10-15-6-2-3-7-16(15)12-18/h2-12H,13-14H2,1H3. The van der Waals surface area contributed by atoms with Crippen LogP contribution in [0.1, 0.15) is 5.56 Å².